The van der Waals surface area contributed by atoms with Gasteiger partial charge in [-0.05, 0) is 55.7 Å². The number of amides is 2. The Hall–Kier alpha value is -4.00. The second-order valence-electron chi connectivity index (χ2n) is 9.49. The molecular formula is C30H33N3O4. The van der Waals surface area contributed by atoms with Gasteiger partial charge in [0.25, 0.3) is 5.91 Å². The van der Waals surface area contributed by atoms with Crippen LogP contribution in [0.5, 0.6) is 5.75 Å². The van der Waals surface area contributed by atoms with Crippen LogP contribution < -0.4 is 15.0 Å². The number of aromatic nitrogens is 1. The van der Waals surface area contributed by atoms with E-state index in [-0.39, 0.29) is 24.3 Å². The maximum atomic E-state index is 14.1. The number of carbonyl (C=O) groups is 2. The molecule has 4 aromatic rings. The summed E-state index contributed by atoms with van der Waals surface area (Å²) in [5.74, 6) is 0.604. The van der Waals surface area contributed by atoms with Gasteiger partial charge in [0, 0.05) is 34.9 Å². The van der Waals surface area contributed by atoms with Crippen molar-refractivity contribution in [2.45, 2.75) is 57.5 Å². The van der Waals surface area contributed by atoms with Crippen LogP contribution in [0.1, 0.15) is 56.4 Å². The number of hydrogen-bond donors (Lipinski definition) is 2. The molecule has 0 spiro atoms. The molecule has 2 heterocycles. The van der Waals surface area contributed by atoms with Gasteiger partial charge in [0.2, 0.25) is 5.91 Å². The smallest absolute Gasteiger partial charge is 0.251 e. The van der Waals surface area contributed by atoms with E-state index in [1.165, 1.54) is 12.7 Å². The van der Waals surface area contributed by atoms with Crippen LogP contribution in [-0.4, -0.2) is 29.4 Å². The number of anilines is 1. The summed E-state index contributed by atoms with van der Waals surface area (Å²) in [6.07, 6.45) is 8.78. The van der Waals surface area contributed by atoms with Gasteiger partial charge in [-0.1, -0.05) is 43.5 Å². The van der Waals surface area contributed by atoms with Gasteiger partial charge in [-0.2, -0.15) is 0 Å². The maximum absolute atomic E-state index is 14.1. The minimum atomic E-state index is -0.952. The summed E-state index contributed by atoms with van der Waals surface area (Å²) in [5, 5.41) is 4.20. The van der Waals surface area contributed by atoms with Crippen LogP contribution in [-0.2, 0) is 16.0 Å². The molecule has 1 atom stereocenters. The zero-order valence-corrected chi connectivity index (χ0v) is 21.1. The van der Waals surface area contributed by atoms with Crippen molar-refractivity contribution >= 4 is 28.4 Å². The Morgan fingerprint density at radius 2 is 1.92 bits per heavy atom. The van der Waals surface area contributed by atoms with Crippen molar-refractivity contribution < 1.29 is 18.7 Å². The Bertz CT molecular complexity index is 1340. The SMILES string of the molecule is CCOc1cccc(N(C(=O)Cc2c[nH]c3ccccc23)[C@H](C(=O)NC2CCCCC2)c2ccco2)c1. The van der Waals surface area contributed by atoms with E-state index in [4.69, 9.17) is 9.15 Å². The van der Waals surface area contributed by atoms with Gasteiger partial charge in [-0.3, -0.25) is 14.5 Å². The summed E-state index contributed by atoms with van der Waals surface area (Å²) in [4.78, 5) is 32.8. The minimum absolute atomic E-state index is 0.0963. The van der Waals surface area contributed by atoms with Gasteiger partial charge in [0.05, 0.1) is 19.3 Å². The Morgan fingerprint density at radius 3 is 2.70 bits per heavy atom. The fraction of sp³-hybridized carbons (Fsp3) is 0.333. The molecule has 0 unspecified atom stereocenters. The first-order valence-corrected chi connectivity index (χ1v) is 13.1. The highest BCUT2D eigenvalue weighted by molar-refractivity contribution is 6.03. The highest BCUT2D eigenvalue weighted by atomic mass is 16.5. The fourth-order valence-electron chi connectivity index (χ4n) is 5.20. The lowest BCUT2D eigenvalue weighted by molar-refractivity contribution is -0.127. The number of hydrogen-bond acceptors (Lipinski definition) is 4. The average molecular weight is 500 g/mol. The lowest BCUT2D eigenvalue weighted by atomic mass is 9.95. The Morgan fingerprint density at radius 1 is 1.08 bits per heavy atom. The first-order chi connectivity index (χ1) is 18.1. The van der Waals surface area contributed by atoms with Crippen molar-refractivity contribution in [2.75, 3.05) is 11.5 Å². The number of H-pyrrole nitrogens is 1. The molecule has 2 amide bonds. The largest absolute Gasteiger partial charge is 0.494 e. The van der Waals surface area contributed by atoms with Crippen LogP contribution in [0.25, 0.3) is 10.9 Å². The van der Waals surface area contributed by atoms with Crippen LogP contribution in [0, 0.1) is 0 Å². The van der Waals surface area contributed by atoms with Gasteiger partial charge in [0.1, 0.15) is 11.5 Å². The van der Waals surface area contributed by atoms with Crippen LogP contribution >= 0.6 is 0 Å². The molecule has 192 valence electrons. The maximum Gasteiger partial charge on any atom is 0.251 e. The van der Waals surface area contributed by atoms with E-state index in [0.717, 1.165) is 42.1 Å². The number of carbonyl (C=O) groups excluding carboxylic acids is 2. The lowest BCUT2D eigenvalue weighted by Crippen LogP contribution is -2.47. The molecule has 1 saturated carbocycles. The molecule has 0 saturated heterocycles. The van der Waals surface area contributed by atoms with Crippen molar-refractivity contribution in [1.82, 2.24) is 10.3 Å². The Balaban J connectivity index is 1.54. The molecule has 0 bridgehead atoms. The summed E-state index contributed by atoms with van der Waals surface area (Å²) in [6, 6.07) is 17.9. The number of aromatic amines is 1. The number of fused-ring (bicyclic) bond motifs is 1. The number of rotatable bonds is 9. The third-order valence-corrected chi connectivity index (χ3v) is 6.96. The quantitative estimate of drug-likeness (QED) is 0.299. The van der Waals surface area contributed by atoms with Gasteiger partial charge in [-0.25, -0.2) is 0 Å². The van der Waals surface area contributed by atoms with Gasteiger partial charge in [-0.15, -0.1) is 0 Å². The molecule has 1 aliphatic rings. The second-order valence-corrected chi connectivity index (χ2v) is 9.49. The molecule has 5 rings (SSSR count). The number of ether oxygens (including phenoxy) is 1. The molecule has 2 aromatic heterocycles. The summed E-state index contributed by atoms with van der Waals surface area (Å²) in [6.45, 7) is 2.41. The predicted octanol–water partition coefficient (Wildman–Crippen LogP) is 5.93. The van der Waals surface area contributed by atoms with Crippen LogP contribution in [0.15, 0.2) is 77.5 Å². The van der Waals surface area contributed by atoms with E-state index >= 15 is 0 Å². The normalized spacial score (nSPS) is 14.8. The first-order valence-electron chi connectivity index (χ1n) is 13.1. The zero-order chi connectivity index (χ0) is 25.6. The van der Waals surface area contributed by atoms with Crippen molar-refractivity contribution in [3.05, 3.63) is 84.4 Å². The van der Waals surface area contributed by atoms with Crippen LogP contribution in [0.3, 0.4) is 0 Å². The number of nitrogens with one attached hydrogen (secondary N) is 2. The van der Waals surface area contributed by atoms with Crippen LogP contribution in [0.2, 0.25) is 0 Å². The van der Waals surface area contributed by atoms with E-state index in [0.29, 0.717) is 23.8 Å². The third-order valence-electron chi connectivity index (χ3n) is 6.96. The molecule has 7 heteroatoms. The van der Waals surface area contributed by atoms with Crippen molar-refractivity contribution in [2.24, 2.45) is 0 Å². The molecule has 2 aromatic carbocycles. The minimum Gasteiger partial charge on any atom is -0.494 e. The molecule has 37 heavy (non-hydrogen) atoms. The topological polar surface area (TPSA) is 87.6 Å². The van der Waals surface area contributed by atoms with Gasteiger partial charge < -0.3 is 19.5 Å². The summed E-state index contributed by atoms with van der Waals surface area (Å²) in [7, 11) is 0. The van der Waals surface area contributed by atoms with E-state index in [1.807, 2.05) is 55.6 Å². The summed E-state index contributed by atoms with van der Waals surface area (Å²) >= 11 is 0. The zero-order valence-electron chi connectivity index (χ0n) is 21.1. The van der Waals surface area contributed by atoms with Crippen molar-refractivity contribution in [3.8, 4) is 5.75 Å². The number of nitrogens with zero attached hydrogens (tertiary/aromatic N) is 1. The number of para-hydroxylation sites is 1. The molecule has 0 radical (unpaired) electrons. The number of furan rings is 1. The van der Waals surface area contributed by atoms with E-state index in [1.54, 1.807) is 23.1 Å². The molecule has 1 aliphatic carbocycles. The molecule has 2 N–H and O–H groups in total. The fourth-order valence-corrected chi connectivity index (χ4v) is 5.20. The molecular weight excluding hydrogens is 466 g/mol. The third kappa shape index (κ3) is 5.56. The van der Waals surface area contributed by atoms with E-state index in [9.17, 15) is 9.59 Å². The highest BCUT2D eigenvalue weighted by Crippen LogP contribution is 2.33. The first kappa shape index (κ1) is 24.7. The Kier molecular flexibility index (Phi) is 7.59. The van der Waals surface area contributed by atoms with Gasteiger partial charge >= 0.3 is 0 Å². The predicted molar refractivity (Wildman–Crippen MR) is 144 cm³/mol. The molecule has 7 nitrogen and oxygen atoms in total. The van der Waals surface area contributed by atoms with E-state index < -0.39 is 6.04 Å². The van der Waals surface area contributed by atoms with Crippen molar-refractivity contribution in [3.63, 3.8) is 0 Å². The highest BCUT2D eigenvalue weighted by Gasteiger charge is 2.36. The Labute approximate surface area is 216 Å². The number of benzene rings is 2. The summed E-state index contributed by atoms with van der Waals surface area (Å²) < 4.78 is 11.5. The monoisotopic (exact) mass is 499 g/mol. The average Bonchev–Trinajstić information content (AvgIpc) is 3.59. The lowest BCUT2D eigenvalue weighted by Gasteiger charge is -2.32. The standard InChI is InChI=1S/C30H33N3O4/c1-2-36-24-13-8-12-23(19-24)33(28(34)18-21-20-31-26-15-7-6-14-25(21)26)29(27-16-9-17-37-27)30(35)32-22-10-4-3-5-11-22/h6-9,12-17,19-20,22,29,31H,2-5,10-11,18H2,1H3,(H,32,35)/t29-/m0/s1. The molecule has 0 aliphatic heterocycles. The molecule has 1 fully saturated rings. The van der Waals surface area contributed by atoms with E-state index in [2.05, 4.69) is 10.3 Å². The van der Waals surface area contributed by atoms with Crippen molar-refractivity contribution in [1.29, 1.82) is 0 Å². The van der Waals surface area contributed by atoms with Gasteiger partial charge in [0.15, 0.2) is 6.04 Å². The van der Waals surface area contributed by atoms with Crippen LogP contribution in [0.4, 0.5) is 5.69 Å². The summed E-state index contributed by atoms with van der Waals surface area (Å²) in [5.41, 5.74) is 2.42. The second kappa shape index (κ2) is 11.4.